The molecule has 1 atom stereocenters. The highest BCUT2D eigenvalue weighted by Crippen LogP contribution is 2.31. The molecule has 2 aromatic heterocycles. The number of hydrogen-bond donors (Lipinski definition) is 1. The fraction of sp³-hybridized carbons (Fsp3) is 0.294. The quantitative estimate of drug-likeness (QED) is 0.742. The molecule has 4 rings (SSSR count). The summed E-state index contributed by atoms with van der Waals surface area (Å²) >= 11 is 12.1. The molecule has 1 saturated heterocycles. The lowest BCUT2D eigenvalue weighted by Gasteiger charge is -2.25. The Labute approximate surface area is 159 Å². The number of nitrogens with one attached hydrogen (secondary N) is 1. The van der Waals surface area contributed by atoms with Crippen LogP contribution in [0.15, 0.2) is 30.7 Å². The molecule has 9 heteroatoms. The molecule has 1 N–H and O–H groups in total. The fourth-order valence-electron chi connectivity index (χ4n) is 3.28. The van der Waals surface area contributed by atoms with Crippen molar-refractivity contribution in [3.63, 3.8) is 0 Å². The fourth-order valence-corrected chi connectivity index (χ4v) is 3.73. The highest BCUT2D eigenvalue weighted by molar-refractivity contribution is 6.36. The van der Waals surface area contributed by atoms with Gasteiger partial charge in [0.15, 0.2) is 5.65 Å². The average molecular weight is 391 g/mol. The molecule has 1 fully saturated rings. The summed E-state index contributed by atoms with van der Waals surface area (Å²) in [4.78, 5) is 23.5. The number of hydrogen-bond acceptors (Lipinski definition) is 5. The molecule has 1 aromatic carbocycles. The maximum atomic E-state index is 12.9. The minimum Gasteiger partial charge on any atom is -0.344 e. The van der Waals surface area contributed by atoms with Gasteiger partial charge < -0.3 is 10.2 Å². The van der Waals surface area contributed by atoms with Crippen molar-refractivity contribution in [1.82, 2.24) is 19.7 Å². The zero-order valence-corrected chi connectivity index (χ0v) is 15.5. The Hall–Kier alpha value is -2.38. The summed E-state index contributed by atoms with van der Waals surface area (Å²) in [6, 6.07) is 4.67. The van der Waals surface area contributed by atoms with E-state index in [1.807, 2.05) is 11.9 Å². The van der Waals surface area contributed by atoms with Crippen LogP contribution in [-0.2, 0) is 11.8 Å². The summed E-state index contributed by atoms with van der Waals surface area (Å²) in [7, 11) is 1.83. The number of aryl methyl sites for hydroxylation is 1. The SMILES string of the molecule is Cn1ncc2c(N3CCCC3C(=O)Nc3ccc(Cl)cc3Cl)ncnc21. The van der Waals surface area contributed by atoms with E-state index in [-0.39, 0.29) is 11.9 Å². The Balaban J connectivity index is 1.62. The van der Waals surface area contributed by atoms with E-state index in [1.54, 1.807) is 29.1 Å². The van der Waals surface area contributed by atoms with Crippen LogP contribution >= 0.6 is 23.2 Å². The third-order valence-corrected chi connectivity index (χ3v) is 5.07. The van der Waals surface area contributed by atoms with Crippen LogP contribution in [0.25, 0.3) is 11.0 Å². The lowest BCUT2D eigenvalue weighted by molar-refractivity contribution is -0.117. The molecular formula is C17H16Cl2N6O. The van der Waals surface area contributed by atoms with E-state index in [2.05, 4.69) is 20.4 Å². The van der Waals surface area contributed by atoms with Crippen molar-refractivity contribution in [2.75, 3.05) is 16.8 Å². The minimum absolute atomic E-state index is 0.123. The van der Waals surface area contributed by atoms with Crippen molar-refractivity contribution in [1.29, 1.82) is 0 Å². The number of halogens is 2. The number of nitrogens with zero attached hydrogens (tertiary/aromatic N) is 5. The number of carbonyl (C=O) groups is 1. The largest absolute Gasteiger partial charge is 0.344 e. The molecule has 0 radical (unpaired) electrons. The molecule has 134 valence electrons. The minimum atomic E-state index is -0.333. The highest BCUT2D eigenvalue weighted by Gasteiger charge is 2.33. The van der Waals surface area contributed by atoms with Gasteiger partial charge >= 0.3 is 0 Å². The van der Waals surface area contributed by atoms with Crippen LogP contribution in [0.2, 0.25) is 10.0 Å². The molecule has 0 spiro atoms. The van der Waals surface area contributed by atoms with Crippen LogP contribution in [0.5, 0.6) is 0 Å². The standard InChI is InChI=1S/C17H16Cl2N6O/c1-24-15-11(8-22-24)16(21-9-20-15)25-6-2-3-14(25)17(26)23-13-5-4-10(18)7-12(13)19/h4-5,7-9,14H,2-3,6H2,1H3,(H,23,26). The Kier molecular flexibility index (Phi) is 4.42. The summed E-state index contributed by atoms with van der Waals surface area (Å²) in [5.74, 6) is 0.602. The van der Waals surface area contributed by atoms with Gasteiger partial charge in [0, 0.05) is 18.6 Å². The molecule has 7 nitrogen and oxygen atoms in total. The van der Waals surface area contributed by atoms with Crippen molar-refractivity contribution >= 4 is 51.6 Å². The van der Waals surface area contributed by atoms with Crippen LogP contribution in [0.3, 0.4) is 0 Å². The van der Waals surface area contributed by atoms with E-state index in [9.17, 15) is 4.79 Å². The average Bonchev–Trinajstić information content (AvgIpc) is 3.25. The number of benzene rings is 1. The molecule has 1 aliphatic rings. The smallest absolute Gasteiger partial charge is 0.247 e. The molecule has 3 heterocycles. The Morgan fingerprint density at radius 3 is 2.96 bits per heavy atom. The van der Waals surface area contributed by atoms with Gasteiger partial charge in [-0.2, -0.15) is 5.10 Å². The van der Waals surface area contributed by atoms with Crippen LogP contribution in [-0.4, -0.2) is 38.2 Å². The number of anilines is 2. The molecular weight excluding hydrogens is 375 g/mol. The topological polar surface area (TPSA) is 75.9 Å². The summed E-state index contributed by atoms with van der Waals surface area (Å²) < 4.78 is 1.69. The van der Waals surface area contributed by atoms with E-state index in [0.29, 0.717) is 15.7 Å². The number of rotatable bonds is 3. The Morgan fingerprint density at radius 1 is 1.31 bits per heavy atom. The second-order valence-electron chi connectivity index (χ2n) is 6.17. The number of fused-ring (bicyclic) bond motifs is 1. The van der Waals surface area contributed by atoms with Crippen LogP contribution in [0, 0.1) is 0 Å². The van der Waals surface area contributed by atoms with Gasteiger partial charge in [0.05, 0.1) is 22.3 Å². The Bertz CT molecular complexity index is 989. The van der Waals surface area contributed by atoms with Gasteiger partial charge in [0.1, 0.15) is 18.2 Å². The highest BCUT2D eigenvalue weighted by atomic mass is 35.5. The lowest BCUT2D eigenvalue weighted by Crippen LogP contribution is -2.40. The van der Waals surface area contributed by atoms with Gasteiger partial charge in [-0.25, -0.2) is 9.97 Å². The van der Waals surface area contributed by atoms with Gasteiger partial charge in [-0.15, -0.1) is 0 Å². The first-order valence-corrected chi connectivity index (χ1v) is 8.95. The van der Waals surface area contributed by atoms with Crippen molar-refractivity contribution in [3.05, 3.63) is 40.8 Å². The van der Waals surface area contributed by atoms with Gasteiger partial charge in [-0.1, -0.05) is 23.2 Å². The first-order chi connectivity index (χ1) is 12.5. The summed E-state index contributed by atoms with van der Waals surface area (Å²) in [6.45, 7) is 0.743. The van der Waals surface area contributed by atoms with Gasteiger partial charge in [0.25, 0.3) is 0 Å². The predicted molar refractivity (Wildman–Crippen MR) is 102 cm³/mol. The van der Waals surface area contributed by atoms with E-state index in [0.717, 1.165) is 36.2 Å². The van der Waals surface area contributed by atoms with Crippen LogP contribution in [0.1, 0.15) is 12.8 Å². The van der Waals surface area contributed by atoms with Crippen LogP contribution < -0.4 is 10.2 Å². The lowest BCUT2D eigenvalue weighted by atomic mass is 10.2. The summed E-state index contributed by atoms with van der Waals surface area (Å²) in [5.41, 5.74) is 1.28. The molecule has 3 aromatic rings. The second-order valence-corrected chi connectivity index (χ2v) is 7.01. The van der Waals surface area contributed by atoms with Gasteiger partial charge in [-0.3, -0.25) is 9.48 Å². The molecule has 1 aliphatic heterocycles. The maximum Gasteiger partial charge on any atom is 0.247 e. The van der Waals surface area contributed by atoms with Crippen LogP contribution in [0.4, 0.5) is 11.5 Å². The molecule has 0 bridgehead atoms. The normalized spacial score (nSPS) is 17.0. The first-order valence-electron chi connectivity index (χ1n) is 8.20. The van der Waals surface area contributed by atoms with Crippen molar-refractivity contribution in [2.24, 2.45) is 7.05 Å². The van der Waals surface area contributed by atoms with Crippen molar-refractivity contribution in [3.8, 4) is 0 Å². The maximum absolute atomic E-state index is 12.9. The zero-order chi connectivity index (χ0) is 18.3. The zero-order valence-electron chi connectivity index (χ0n) is 14.0. The molecule has 0 aliphatic carbocycles. The summed E-state index contributed by atoms with van der Waals surface area (Å²) in [6.07, 6.45) is 4.87. The third kappa shape index (κ3) is 2.97. The molecule has 1 unspecified atom stereocenters. The second kappa shape index (κ2) is 6.74. The molecule has 1 amide bonds. The Morgan fingerprint density at radius 2 is 2.15 bits per heavy atom. The third-order valence-electron chi connectivity index (χ3n) is 4.52. The molecule has 0 saturated carbocycles. The van der Waals surface area contributed by atoms with Crippen molar-refractivity contribution in [2.45, 2.75) is 18.9 Å². The predicted octanol–water partition coefficient (Wildman–Crippen LogP) is 3.28. The summed E-state index contributed by atoms with van der Waals surface area (Å²) in [5, 5.41) is 8.90. The van der Waals surface area contributed by atoms with Crippen molar-refractivity contribution < 1.29 is 4.79 Å². The van der Waals surface area contributed by atoms with E-state index in [4.69, 9.17) is 23.2 Å². The molecule has 26 heavy (non-hydrogen) atoms. The van der Waals surface area contributed by atoms with Gasteiger partial charge in [0.2, 0.25) is 5.91 Å². The van der Waals surface area contributed by atoms with Gasteiger partial charge in [-0.05, 0) is 31.0 Å². The number of amides is 1. The monoisotopic (exact) mass is 390 g/mol. The van der Waals surface area contributed by atoms with E-state index < -0.39 is 0 Å². The van der Waals surface area contributed by atoms with E-state index in [1.165, 1.54) is 6.33 Å². The van der Waals surface area contributed by atoms with E-state index >= 15 is 0 Å². The number of aromatic nitrogens is 4. The number of carbonyl (C=O) groups excluding carboxylic acids is 1. The first kappa shape index (κ1) is 17.1.